The average Bonchev–Trinajstić information content (AvgIpc) is 3.17. The Morgan fingerprint density at radius 2 is 1.69 bits per heavy atom. The Morgan fingerprint density at radius 3 is 2.31 bits per heavy atom. The highest BCUT2D eigenvalue weighted by Crippen LogP contribution is 2.18. The van der Waals surface area contributed by atoms with Crippen molar-refractivity contribution >= 4 is 39.1 Å². The summed E-state index contributed by atoms with van der Waals surface area (Å²) >= 11 is 1.43. The summed E-state index contributed by atoms with van der Waals surface area (Å²) in [6.45, 7) is 3.12. The van der Waals surface area contributed by atoms with Crippen molar-refractivity contribution in [1.29, 1.82) is 0 Å². The van der Waals surface area contributed by atoms with Gasteiger partial charge < -0.3 is 4.90 Å². The molecule has 0 spiro atoms. The maximum Gasteiger partial charge on any atom is 0.236 e. The van der Waals surface area contributed by atoms with Gasteiger partial charge in [0.25, 0.3) is 0 Å². The van der Waals surface area contributed by atoms with Gasteiger partial charge in [0.1, 0.15) is 0 Å². The molecule has 1 aliphatic heterocycles. The van der Waals surface area contributed by atoms with Crippen LogP contribution in [0.4, 0.5) is 0 Å². The number of rotatable bonds is 7. The largest absolute Gasteiger partial charge is 0.340 e. The van der Waals surface area contributed by atoms with Crippen LogP contribution in [-0.4, -0.2) is 55.5 Å². The van der Waals surface area contributed by atoms with Gasteiger partial charge in [0.15, 0.2) is 5.78 Å². The van der Waals surface area contributed by atoms with Gasteiger partial charge in [-0.05, 0) is 30.7 Å². The molecule has 29 heavy (non-hydrogen) atoms. The summed E-state index contributed by atoms with van der Waals surface area (Å²) in [5.41, 5.74) is 0.815. The topological polar surface area (TPSA) is 74.8 Å². The van der Waals surface area contributed by atoms with E-state index >= 15 is 0 Å². The monoisotopic (exact) mass is 432 g/mol. The lowest BCUT2D eigenvalue weighted by Gasteiger charge is -2.33. The van der Waals surface area contributed by atoms with Gasteiger partial charge in [-0.3, -0.25) is 9.59 Å². The van der Waals surface area contributed by atoms with E-state index in [-0.39, 0.29) is 37.6 Å². The van der Waals surface area contributed by atoms with Crippen LogP contribution >= 0.6 is 11.3 Å². The summed E-state index contributed by atoms with van der Waals surface area (Å²) in [4.78, 5) is 27.9. The number of hydrogen-bond acceptors (Lipinski definition) is 5. The molecule has 0 aliphatic carbocycles. The number of benzene rings is 1. The fraction of sp³-hybridized carbons (Fsp3) is 0.333. The van der Waals surface area contributed by atoms with Crippen molar-refractivity contribution in [2.75, 3.05) is 26.2 Å². The molecule has 1 aliphatic rings. The van der Waals surface area contributed by atoms with Gasteiger partial charge in [0.2, 0.25) is 15.9 Å². The lowest BCUT2D eigenvalue weighted by Crippen LogP contribution is -2.50. The van der Waals surface area contributed by atoms with E-state index in [1.54, 1.807) is 17.0 Å². The number of thiophene rings is 1. The van der Waals surface area contributed by atoms with Crippen molar-refractivity contribution in [3.05, 3.63) is 63.2 Å². The van der Waals surface area contributed by atoms with Crippen molar-refractivity contribution < 1.29 is 18.0 Å². The number of Topliss-reactive ketones (excluding diaryl/α,β-unsaturated/α-hetero) is 1. The van der Waals surface area contributed by atoms with Crippen molar-refractivity contribution in [2.45, 2.75) is 19.8 Å². The summed E-state index contributed by atoms with van der Waals surface area (Å²) in [6, 6.07) is 12.9. The quantitative estimate of drug-likeness (QED) is 0.630. The molecule has 1 aromatic heterocycles. The predicted molar refractivity (Wildman–Crippen MR) is 115 cm³/mol. The van der Waals surface area contributed by atoms with Crippen molar-refractivity contribution in [1.82, 2.24) is 9.21 Å². The van der Waals surface area contributed by atoms with Gasteiger partial charge >= 0.3 is 0 Å². The third kappa shape index (κ3) is 5.85. The molecule has 0 N–H and O–H groups in total. The zero-order chi connectivity index (χ0) is 20.9. The van der Waals surface area contributed by atoms with Crippen LogP contribution in [0.25, 0.3) is 6.08 Å². The minimum Gasteiger partial charge on any atom is -0.340 e. The van der Waals surface area contributed by atoms with E-state index in [0.29, 0.717) is 18.0 Å². The number of nitrogens with zero attached hydrogens (tertiary/aromatic N) is 2. The van der Waals surface area contributed by atoms with E-state index in [9.17, 15) is 18.0 Å². The highest BCUT2D eigenvalue weighted by Gasteiger charge is 2.27. The summed E-state index contributed by atoms with van der Waals surface area (Å²) in [6.07, 6.45) is 1.90. The second-order valence-corrected chi connectivity index (χ2v) is 9.98. The van der Waals surface area contributed by atoms with Gasteiger partial charge in [0.05, 0.1) is 4.88 Å². The molecule has 6 nitrogen and oxygen atoms in total. The summed E-state index contributed by atoms with van der Waals surface area (Å²) in [7, 11) is -3.53. The first-order valence-electron chi connectivity index (χ1n) is 9.46. The first-order valence-corrected chi connectivity index (χ1v) is 11.8. The molecular formula is C21H24N2O4S2. The van der Waals surface area contributed by atoms with Gasteiger partial charge in [-0.15, -0.1) is 11.3 Å². The number of piperazine rings is 1. The zero-order valence-corrected chi connectivity index (χ0v) is 17.9. The molecule has 1 saturated heterocycles. The van der Waals surface area contributed by atoms with E-state index in [2.05, 4.69) is 0 Å². The minimum atomic E-state index is -3.53. The minimum absolute atomic E-state index is 0.0243. The third-order valence-corrected chi connectivity index (χ3v) is 7.37. The first-order chi connectivity index (χ1) is 13.8. The van der Waals surface area contributed by atoms with Gasteiger partial charge in [0, 0.05) is 49.3 Å². The van der Waals surface area contributed by atoms with Crippen LogP contribution in [-0.2, 0) is 14.8 Å². The summed E-state index contributed by atoms with van der Waals surface area (Å²) in [5.74, 6) is -0.132. The Hall–Kier alpha value is -2.29. The number of ketones is 1. The molecule has 1 fully saturated rings. The first kappa shape index (κ1) is 21.4. The Labute approximate surface area is 175 Å². The lowest BCUT2D eigenvalue weighted by atomic mass is 10.1. The Balaban J connectivity index is 1.48. The second-order valence-electron chi connectivity index (χ2n) is 6.87. The molecule has 0 unspecified atom stereocenters. The molecule has 3 rings (SSSR count). The SMILES string of the molecule is Cc1ccc(C(=O)CCC(=O)N2CCN(S(=O)(=O)C=Cc3ccccc3)CC2)s1. The fourth-order valence-electron chi connectivity index (χ4n) is 3.09. The van der Waals surface area contributed by atoms with Crippen molar-refractivity contribution in [3.8, 4) is 0 Å². The highest BCUT2D eigenvalue weighted by molar-refractivity contribution is 7.92. The van der Waals surface area contributed by atoms with Gasteiger partial charge in [-0.1, -0.05) is 30.3 Å². The van der Waals surface area contributed by atoms with Crippen LogP contribution in [0.3, 0.4) is 0 Å². The molecule has 2 heterocycles. The molecule has 1 amide bonds. The van der Waals surface area contributed by atoms with Gasteiger partial charge in [-0.25, -0.2) is 8.42 Å². The number of carbonyl (C=O) groups is 2. The van der Waals surface area contributed by atoms with E-state index in [1.807, 2.05) is 43.3 Å². The maximum absolute atomic E-state index is 12.5. The molecule has 0 bridgehead atoms. The molecule has 154 valence electrons. The van der Waals surface area contributed by atoms with E-state index in [1.165, 1.54) is 21.1 Å². The number of amides is 1. The average molecular weight is 433 g/mol. The second kappa shape index (κ2) is 9.47. The zero-order valence-electron chi connectivity index (χ0n) is 16.3. The molecule has 2 aromatic rings. The molecule has 0 atom stereocenters. The Bertz CT molecular complexity index is 989. The number of sulfonamides is 1. The van der Waals surface area contributed by atoms with Crippen LogP contribution in [0.5, 0.6) is 0 Å². The van der Waals surface area contributed by atoms with Crippen LogP contribution in [0, 0.1) is 6.92 Å². The third-order valence-electron chi connectivity index (χ3n) is 4.76. The standard InChI is InChI=1S/C21H24N2O4S2/c1-17-7-9-20(28-17)19(24)8-10-21(25)22-12-14-23(15-13-22)29(26,27)16-11-18-5-3-2-4-6-18/h2-7,9,11,16H,8,10,12-15H2,1H3. The Morgan fingerprint density at radius 1 is 1.00 bits per heavy atom. The molecular weight excluding hydrogens is 408 g/mol. The number of carbonyl (C=O) groups excluding carboxylic acids is 2. The molecule has 0 radical (unpaired) electrons. The molecule has 8 heteroatoms. The Kier molecular flexibility index (Phi) is 7.00. The number of hydrogen-bond donors (Lipinski definition) is 0. The molecule has 0 saturated carbocycles. The van der Waals surface area contributed by atoms with E-state index in [4.69, 9.17) is 0 Å². The van der Waals surface area contributed by atoms with Crippen LogP contribution < -0.4 is 0 Å². The molecule has 1 aromatic carbocycles. The smallest absolute Gasteiger partial charge is 0.236 e. The highest BCUT2D eigenvalue weighted by atomic mass is 32.2. The summed E-state index contributed by atoms with van der Waals surface area (Å²) in [5, 5.41) is 1.21. The van der Waals surface area contributed by atoms with E-state index < -0.39 is 10.0 Å². The lowest BCUT2D eigenvalue weighted by molar-refractivity contribution is -0.132. The van der Waals surface area contributed by atoms with Gasteiger partial charge in [-0.2, -0.15) is 4.31 Å². The van der Waals surface area contributed by atoms with Crippen LogP contribution in [0.1, 0.15) is 33.0 Å². The summed E-state index contributed by atoms with van der Waals surface area (Å²) < 4.78 is 26.4. The normalized spacial score (nSPS) is 15.7. The van der Waals surface area contributed by atoms with Crippen molar-refractivity contribution in [3.63, 3.8) is 0 Å². The fourth-order valence-corrected chi connectivity index (χ4v) is 5.10. The van der Waals surface area contributed by atoms with Crippen molar-refractivity contribution in [2.24, 2.45) is 0 Å². The number of aryl methyl sites for hydroxylation is 1. The maximum atomic E-state index is 12.5. The van der Waals surface area contributed by atoms with E-state index in [0.717, 1.165) is 10.4 Å². The van der Waals surface area contributed by atoms with Crippen LogP contribution in [0.15, 0.2) is 47.9 Å². The van der Waals surface area contributed by atoms with Crippen LogP contribution in [0.2, 0.25) is 0 Å². The predicted octanol–water partition coefficient (Wildman–Crippen LogP) is 3.16.